The maximum atomic E-state index is 13.1. The highest BCUT2D eigenvalue weighted by atomic mass is 32.2. The second-order valence-corrected chi connectivity index (χ2v) is 10.8. The summed E-state index contributed by atoms with van der Waals surface area (Å²) in [6, 6.07) is 4.91. The zero-order valence-electron chi connectivity index (χ0n) is 18.2. The first kappa shape index (κ1) is 23.1. The molecule has 1 aliphatic carbocycles. The number of amides is 3. The molecule has 1 fully saturated rings. The van der Waals surface area contributed by atoms with Crippen LogP contribution in [0.5, 0.6) is 0 Å². The van der Waals surface area contributed by atoms with E-state index in [9.17, 15) is 22.8 Å². The summed E-state index contributed by atoms with van der Waals surface area (Å²) in [4.78, 5) is 40.3. The number of carbonyl (C=O) groups is 3. The van der Waals surface area contributed by atoms with Crippen LogP contribution >= 0.6 is 0 Å². The van der Waals surface area contributed by atoms with Crippen LogP contribution in [0.15, 0.2) is 41.3 Å². The molecule has 3 amide bonds. The minimum atomic E-state index is -3.58. The van der Waals surface area contributed by atoms with Crippen LogP contribution in [0.2, 0.25) is 0 Å². The first-order chi connectivity index (χ1) is 14.5. The molecule has 3 atom stereocenters. The lowest BCUT2D eigenvalue weighted by Crippen LogP contribution is -2.48. The molecule has 1 N–H and O–H groups in total. The summed E-state index contributed by atoms with van der Waals surface area (Å²) in [5, 5.41) is 2.75. The van der Waals surface area contributed by atoms with Crippen molar-refractivity contribution in [2.45, 2.75) is 44.0 Å². The molecule has 3 unspecified atom stereocenters. The van der Waals surface area contributed by atoms with E-state index in [0.29, 0.717) is 24.9 Å². The van der Waals surface area contributed by atoms with Gasteiger partial charge in [0.25, 0.3) is 0 Å². The second kappa shape index (κ2) is 8.92. The number of rotatable bonds is 7. The Morgan fingerprint density at radius 1 is 1.06 bits per heavy atom. The number of hydrogen-bond donors (Lipinski definition) is 1. The summed E-state index contributed by atoms with van der Waals surface area (Å²) in [5.41, 5.74) is 0.398. The fourth-order valence-corrected chi connectivity index (χ4v) is 4.96. The Bertz CT molecular complexity index is 972. The zero-order chi connectivity index (χ0) is 22.9. The fourth-order valence-electron chi connectivity index (χ4n) is 4.06. The van der Waals surface area contributed by atoms with Gasteiger partial charge in [-0.05, 0) is 49.4 Å². The molecule has 1 aliphatic heterocycles. The maximum Gasteiger partial charge on any atom is 0.247 e. The molecule has 0 aromatic heterocycles. The summed E-state index contributed by atoms with van der Waals surface area (Å²) in [5.74, 6) is -1.72. The number of fused-ring (bicyclic) bond motifs is 1. The van der Waals surface area contributed by atoms with Gasteiger partial charge in [-0.15, -0.1) is 0 Å². The van der Waals surface area contributed by atoms with Crippen LogP contribution in [-0.2, 0) is 24.4 Å². The number of likely N-dealkylation sites (tertiary alicyclic amines) is 1. The number of nitrogens with one attached hydrogen (secondary N) is 1. The number of hydrogen-bond acceptors (Lipinski definition) is 5. The topological polar surface area (TPSA) is 104 Å². The van der Waals surface area contributed by atoms with Crippen LogP contribution in [0.1, 0.15) is 33.1 Å². The molecule has 1 aromatic carbocycles. The Kier molecular flexibility index (Phi) is 6.66. The molecule has 168 valence electrons. The van der Waals surface area contributed by atoms with Gasteiger partial charge in [-0.3, -0.25) is 19.3 Å². The van der Waals surface area contributed by atoms with E-state index in [1.54, 1.807) is 0 Å². The molecule has 3 rings (SSSR count). The molecule has 31 heavy (non-hydrogen) atoms. The van der Waals surface area contributed by atoms with E-state index in [-0.39, 0.29) is 22.6 Å². The Morgan fingerprint density at radius 2 is 1.58 bits per heavy atom. The van der Waals surface area contributed by atoms with E-state index in [4.69, 9.17) is 0 Å². The van der Waals surface area contributed by atoms with Crippen LogP contribution in [0.4, 0.5) is 5.69 Å². The number of carbonyl (C=O) groups excluding carboxylic acids is 3. The molecule has 0 saturated carbocycles. The van der Waals surface area contributed by atoms with Crippen molar-refractivity contribution in [2.75, 3.05) is 19.4 Å². The lowest BCUT2D eigenvalue weighted by molar-refractivity contribution is -0.147. The third-order valence-electron chi connectivity index (χ3n) is 5.75. The Balaban J connectivity index is 1.81. The minimum Gasteiger partial charge on any atom is -0.324 e. The van der Waals surface area contributed by atoms with E-state index < -0.39 is 33.8 Å². The van der Waals surface area contributed by atoms with E-state index in [0.717, 1.165) is 9.21 Å². The number of benzene rings is 1. The first-order valence-electron chi connectivity index (χ1n) is 10.4. The molecule has 9 heteroatoms. The van der Waals surface area contributed by atoms with E-state index in [2.05, 4.69) is 5.32 Å². The number of anilines is 1. The average molecular weight is 448 g/mol. The maximum absolute atomic E-state index is 13.1. The van der Waals surface area contributed by atoms with Gasteiger partial charge in [0.1, 0.15) is 6.04 Å². The van der Waals surface area contributed by atoms with Crippen molar-refractivity contribution in [2.24, 2.45) is 17.8 Å². The van der Waals surface area contributed by atoms with Gasteiger partial charge in [-0.1, -0.05) is 26.0 Å². The van der Waals surface area contributed by atoms with Crippen molar-refractivity contribution in [1.29, 1.82) is 0 Å². The van der Waals surface area contributed by atoms with Crippen molar-refractivity contribution in [3.05, 3.63) is 36.4 Å². The molecule has 1 heterocycles. The van der Waals surface area contributed by atoms with E-state index >= 15 is 0 Å². The Hall–Kier alpha value is -2.52. The molecule has 1 saturated heterocycles. The standard InChI is InChI=1S/C22H29N3O5S/c1-14(2)13-19(25-21(27)17-7-5-6-8-18(17)22(25)28)20(26)23-15-9-11-16(12-10-15)31(29,30)24(3)4/h5-6,9-12,14,17-19H,7-8,13H2,1-4H3,(H,23,26). The normalized spacial score (nSPS) is 22.2. The molecular formula is C22H29N3O5S. The average Bonchev–Trinajstić information content (AvgIpc) is 2.97. The van der Waals surface area contributed by atoms with Crippen molar-refractivity contribution in [3.8, 4) is 0 Å². The number of nitrogens with zero attached hydrogens (tertiary/aromatic N) is 2. The summed E-state index contributed by atoms with van der Waals surface area (Å²) in [6.07, 6.45) is 5.21. The van der Waals surface area contributed by atoms with Crippen LogP contribution in [0.25, 0.3) is 0 Å². The van der Waals surface area contributed by atoms with Gasteiger partial charge < -0.3 is 5.32 Å². The predicted octanol–water partition coefficient (Wildman–Crippen LogP) is 2.24. The highest BCUT2D eigenvalue weighted by molar-refractivity contribution is 7.89. The van der Waals surface area contributed by atoms with Crippen molar-refractivity contribution in [1.82, 2.24) is 9.21 Å². The quantitative estimate of drug-likeness (QED) is 0.510. The number of imide groups is 1. The summed E-state index contributed by atoms with van der Waals surface area (Å²) in [6.45, 7) is 3.86. The van der Waals surface area contributed by atoms with Gasteiger partial charge in [0.15, 0.2) is 0 Å². The third-order valence-corrected chi connectivity index (χ3v) is 7.58. The third kappa shape index (κ3) is 4.57. The highest BCUT2D eigenvalue weighted by Crippen LogP contribution is 2.37. The molecule has 0 radical (unpaired) electrons. The summed E-state index contributed by atoms with van der Waals surface area (Å²) < 4.78 is 25.5. The van der Waals surface area contributed by atoms with Gasteiger partial charge in [0, 0.05) is 19.8 Å². The van der Waals surface area contributed by atoms with Crippen molar-refractivity contribution < 1.29 is 22.8 Å². The smallest absolute Gasteiger partial charge is 0.247 e. The molecule has 2 aliphatic rings. The monoisotopic (exact) mass is 447 g/mol. The lowest BCUT2D eigenvalue weighted by Gasteiger charge is -2.27. The van der Waals surface area contributed by atoms with Gasteiger partial charge in [-0.25, -0.2) is 12.7 Å². The van der Waals surface area contributed by atoms with Gasteiger partial charge >= 0.3 is 0 Å². The van der Waals surface area contributed by atoms with Crippen LogP contribution < -0.4 is 5.32 Å². The fraction of sp³-hybridized carbons (Fsp3) is 0.500. The van der Waals surface area contributed by atoms with Crippen molar-refractivity contribution in [3.63, 3.8) is 0 Å². The molecular weight excluding hydrogens is 418 g/mol. The van der Waals surface area contributed by atoms with E-state index in [1.807, 2.05) is 26.0 Å². The lowest BCUT2D eigenvalue weighted by atomic mass is 9.85. The summed E-state index contributed by atoms with van der Waals surface area (Å²) >= 11 is 0. The van der Waals surface area contributed by atoms with E-state index in [1.165, 1.54) is 38.4 Å². The highest BCUT2D eigenvalue weighted by Gasteiger charge is 2.51. The Labute approximate surface area is 183 Å². The largest absolute Gasteiger partial charge is 0.324 e. The number of allylic oxidation sites excluding steroid dienone is 2. The molecule has 0 bridgehead atoms. The van der Waals surface area contributed by atoms with Crippen LogP contribution in [0, 0.1) is 17.8 Å². The molecule has 8 nitrogen and oxygen atoms in total. The number of sulfonamides is 1. The summed E-state index contributed by atoms with van der Waals surface area (Å²) in [7, 11) is -0.691. The first-order valence-corrected chi connectivity index (χ1v) is 11.8. The zero-order valence-corrected chi connectivity index (χ0v) is 19.1. The van der Waals surface area contributed by atoms with Gasteiger partial charge in [-0.2, -0.15) is 0 Å². The van der Waals surface area contributed by atoms with Gasteiger partial charge in [0.2, 0.25) is 27.7 Å². The van der Waals surface area contributed by atoms with Gasteiger partial charge in [0.05, 0.1) is 16.7 Å². The SMILES string of the molecule is CC(C)CC(C(=O)Nc1ccc(S(=O)(=O)N(C)C)cc1)N1C(=O)C2CC=CCC2C1=O. The Morgan fingerprint density at radius 3 is 2.03 bits per heavy atom. The second-order valence-electron chi connectivity index (χ2n) is 8.65. The minimum absolute atomic E-state index is 0.0877. The molecule has 0 spiro atoms. The van der Waals surface area contributed by atoms with Crippen LogP contribution in [0.3, 0.4) is 0 Å². The molecule has 1 aromatic rings. The van der Waals surface area contributed by atoms with Crippen molar-refractivity contribution >= 4 is 33.4 Å². The predicted molar refractivity (Wildman–Crippen MR) is 116 cm³/mol. The van der Waals surface area contributed by atoms with Crippen LogP contribution in [-0.4, -0.2) is 55.5 Å².